The van der Waals surface area contributed by atoms with Crippen LogP contribution in [0, 0.1) is 0 Å². The van der Waals surface area contributed by atoms with Crippen LogP contribution in [0.4, 0.5) is 0 Å². The van der Waals surface area contributed by atoms with Crippen LogP contribution in [-0.2, 0) is 9.53 Å². The van der Waals surface area contributed by atoms with Crippen LogP contribution in [0.15, 0.2) is 0 Å². The van der Waals surface area contributed by atoms with Crippen LogP contribution in [0.5, 0.6) is 0 Å². The van der Waals surface area contributed by atoms with Crippen LogP contribution in [0.25, 0.3) is 0 Å². The Morgan fingerprint density at radius 3 is 2.56 bits per heavy atom. The standard InChI is InChI=1S/C13H25NO3S/c1-9(18-10(2)8-15)7-13(3,12(16)17-4)14-11-5-6-11/h9-11,14-15H,5-8H2,1-4H3. The molecular formula is C13H25NO3S. The number of thioether (sulfide) groups is 1. The largest absolute Gasteiger partial charge is 0.468 e. The van der Waals surface area contributed by atoms with Gasteiger partial charge in [-0.1, -0.05) is 13.8 Å². The van der Waals surface area contributed by atoms with E-state index in [4.69, 9.17) is 9.84 Å². The van der Waals surface area contributed by atoms with Crippen LogP contribution in [-0.4, -0.2) is 46.9 Å². The molecule has 106 valence electrons. The Bertz CT molecular complexity index is 283. The lowest BCUT2D eigenvalue weighted by Gasteiger charge is -2.31. The fourth-order valence-electron chi connectivity index (χ4n) is 2.17. The van der Waals surface area contributed by atoms with Crippen molar-refractivity contribution in [3.63, 3.8) is 0 Å². The average Bonchev–Trinajstić information content (AvgIpc) is 3.10. The Hall–Kier alpha value is -0.260. The number of methoxy groups -OCH3 is 1. The Kier molecular flexibility index (Phi) is 5.95. The van der Waals surface area contributed by atoms with E-state index in [2.05, 4.69) is 12.2 Å². The van der Waals surface area contributed by atoms with E-state index in [9.17, 15) is 4.79 Å². The molecule has 1 rings (SSSR count). The highest BCUT2D eigenvalue weighted by Crippen LogP contribution is 2.30. The van der Waals surface area contributed by atoms with E-state index in [0.29, 0.717) is 17.7 Å². The third kappa shape index (κ3) is 4.78. The first-order valence-corrected chi connectivity index (χ1v) is 7.48. The van der Waals surface area contributed by atoms with Gasteiger partial charge in [0, 0.05) is 16.5 Å². The zero-order chi connectivity index (χ0) is 13.8. The summed E-state index contributed by atoms with van der Waals surface area (Å²) in [5.74, 6) is -0.196. The quantitative estimate of drug-likeness (QED) is 0.658. The first-order valence-electron chi connectivity index (χ1n) is 6.53. The normalized spacial score (nSPS) is 22.1. The van der Waals surface area contributed by atoms with E-state index >= 15 is 0 Å². The molecule has 0 amide bonds. The first-order chi connectivity index (χ1) is 8.41. The highest BCUT2D eigenvalue weighted by Gasteiger charge is 2.40. The highest BCUT2D eigenvalue weighted by molar-refractivity contribution is 8.00. The van der Waals surface area contributed by atoms with Gasteiger partial charge in [-0.15, -0.1) is 0 Å². The summed E-state index contributed by atoms with van der Waals surface area (Å²) in [7, 11) is 1.43. The molecule has 1 aliphatic rings. The molecule has 18 heavy (non-hydrogen) atoms. The van der Waals surface area contributed by atoms with Gasteiger partial charge in [-0.25, -0.2) is 0 Å². The fourth-order valence-corrected chi connectivity index (χ4v) is 3.48. The van der Waals surface area contributed by atoms with E-state index in [0.717, 1.165) is 12.8 Å². The van der Waals surface area contributed by atoms with Gasteiger partial charge >= 0.3 is 5.97 Å². The van der Waals surface area contributed by atoms with E-state index in [1.165, 1.54) is 7.11 Å². The monoisotopic (exact) mass is 275 g/mol. The average molecular weight is 275 g/mol. The predicted octanol–water partition coefficient (Wildman–Crippen LogP) is 1.56. The molecule has 0 heterocycles. The van der Waals surface area contributed by atoms with Gasteiger partial charge in [-0.05, 0) is 26.2 Å². The minimum atomic E-state index is -0.614. The molecule has 0 bridgehead atoms. The highest BCUT2D eigenvalue weighted by atomic mass is 32.2. The van der Waals surface area contributed by atoms with Crippen molar-refractivity contribution in [1.29, 1.82) is 0 Å². The third-order valence-corrected chi connectivity index (χ3v) is 4.40. The number of aliphatic hydroxyl groups is 1. The Morgan fingerprint density at radius 2 is 2.11 bits per heavy atom. The Morgan fingerprint density at radius 1 is 1.50 bits per heavy atom. The van der Waals surface area contributed by atoms with E-state index < -0.39 is 5.54 Å². The zero-order valence-electron chi connectivity index (χ0n) is 11.7. The lowest BCUT2D eigenvalue weighted by molar-refractivity contribution is -0.148. The number of esters is 1. The zero-order valence-corrected chi connectivity index (χ0v) is 12.5. The van der Waals surface area contributed by atoms with Crippen LogP contribution >= 0.6 is 11.8 Å². The van der Waals surface area contributed by atoms with Gasteiger partial charge in [0.2, 0.25) is 0 Å². The smallest absolute Gasteiger partial charge is 0.325 e. The Labute approximate surface area is 114 Å². The summed E-state index contributed by atoms with van der Waals surface area (Å²) in [6.07, 6.45) is 2.99. The molecule has 2 N–H and O–H groups in total. The topological polar surface area (TPSA) is 58.6 Å². The number of hydrogen-bond donors (Lipinski definition) is 2. The number of rotatable bonds is 8. The maximum absolute atomic E-state index is 11.9. The molecule has 5 heteroatoms. The summed E-state index contributed by atoms with van der Waals surface area (Å²) in [5, 5.41) is 12.9. The van der Waals surface area contributed by atoms with Crippen LogP contribution in [0.2, 0.25) is 0 Å². The molecule has 3 unspecified atom stereocenters. The summed E-state index contributed by atoms with van der Waals surface area (Å²) in [6.45, 7) is 6.16. The molecule has 0 radical (unpaired) electrons. The first kappa shape index (κ1) is 15.8. The Balaban J connectivity index is 2.56. The molecule has 0 aromatic rings. The van der Waals surface area contributed by atoms with Gasteiger partial charge in [0.1, 0.15) is 5.54 Å². The van der Waals surface area contributed by atoms with Crippen molar-refractivity contribution in [3.05, 3.63) is 0 Å². The summed E-state index contributed by atoms with van der Waals surface area (Å²) in [5.41, 5.74) is -0.614. The van der Waals surface area contributed by atoms with Crippen LogP contribution in [0.3, 0.4) is 0 Å². The molecule has 0 aromatic heterocycles. The SMILES string of the molecule is COC(=O)C(C)(CC(C)SC(C)CO)NC1CC1. The second kappa shape index (κ2) is 6.78. The molecule has 0 aliphatic heterocycles. The summed E-state index contributed by atoms with van der Waals surface area (Å²) >= 11 is 1.70. The number of ether oxygens (including phenoxy) is 1. The van der Waals surface area contributed by atoms with Crippen molar-refractivity contribution in [2.24, 2.45) is 0 Å². The summed E-state index contributed by atoms with van der Waals surface area (Å²) in [6, 6.07) is 0.460. The van der Waals surface area contributed by atoms with Gasteiger partial charge in [0.15, 0.2) is 0 Å². The number of aliphatic hydroxyl groups excluding tert-OH is 1. The maximum Gasteiger partial charge on any atom is 0.325 e. The molecule has 0 aromatic carbocycles. The molecule has 1 saturated carbocycles. The second-order valence-electron chi connectivity index (χ2n) is 5.39. The third-order valence-electron chi connectivity index (χ3n) is 3.15. The van der Waals surface area contributed by atoms with Gasteiger partial charge < -0.3 is 9.84 Å². The molecule has 3 atom stereocenters. The molecule has 4 nitrogen and oxygen atoms in total. The second-order valence-corrected chi connectivity index (χ2v) is 7.27. The van der Waals surface area contributed by atoms with Crippen molar-refractivity contribution in [3.8, 4) is 0 Å². The van der Waals surface area contributed by atoms with Gasteiger partial charge in [0.05, 0.1) is 13.7 Å². The van der Waals surface area contributed by atoms with Crippen LogP contribution in [0.1, 0.15) is 40.0 Å². The van der Waals surface area contributed by atoms with Gasteiger partial charge in [-0.2, -0.15) is 11.8 Å². The van der Waals surface area contributed by atoms with Crippen molar-refractivity contribution < 1.29 is 14.6 Å². The minimum Gasteiger partial charge on any atom is -0.468 e. The fraction of sp³-hybridized carbons (Fsp3) is 0.923. The van der Waals surface area contributed by atoms with Crippen LogP contribution < -0.4 is 5.32 Å². The van der Waals surface area contributed by atoms with Crippen molar-refractivity contribution in [2.45, 2.75) is 62.1 Å². The summed E-state index contributed by atoms with van der Waals surface area (Å²) < 4.78 is 4.92. The lowest BCUT2D eigenvalue weighted by atomic mass is 9.96. The molecule has 1 aliphatic carbocycles. The maximum atomic E-state index is 11.9. The molecular weight excluding hydrogens is 250 g/mol. The number of carbonyl (C=O) groups excluding carboxylic acids is 1. The van der Waals surface area contributed by atoms with Crippen molar-refractivity contribution in [1.82, 2.24) is 5.32 Å². The number of nitrogens with one attached hydrogen (secondary N) is 1. The van der Waals surface area contributed by atoms with Crippen molar-refractivity contribution >= 4 is 17.7 Å². The number of carbonyl (C=O) groups is 1. The number of hydrogen-bond acceptors (Lipinski definition) is 5. The minimum absolute atomic E-state index is 0.167. The van der Waals surface area contributed by atoms with Crippen molar-refractivity contribution in [2.75, 3.05) is 13.7 Å². The predicted molar refractivity (Wildman–Crippen MR) is 74.8 cm³/mol. The lowest BCUT2D eigenvalue weighted by Crippen LogP contribution is -2.52. The van der Waals surface area contributed by atoms with E-state index in [1.54, 1.807) is 11.8 Å². The van der Waals surface area contributed by atoms with E-state index in [-0.39, 0.29) is 17.8 Å². The summed E-state index contributed by atoms with van der Waals surface area (Å²) in [4.78, 5) is 11.9. The van der Waals surface area contributed by atoms with E-state index in [1.807, 2.05) is 13.8 Å². The van der Waals surface area contributed by atoms with Gasteiger partial charge in [0.25, 0.3) is 0 Å². The molecule has 1 fully saturated rings. The molecule has 0 spiro atoms. The van der Waals surface area contributed by atoms with Gasteiger partial charge in [-0.3, -0.25) is 10.1 Å². The molecule has 0 saturated heterocycles.